The predicted octanol–water partition coefficient (Wildman–Crippen LogP) is 0.879. The van der Waals surface area contributed by atoms with Crippen molar-refractivity contribution in [3.63, 3.8) is 0 Å². The number of nitrogens with one attached hydrogen (secondary N) is 1. The first-order chi connectivity index (χ1) is 4.81. The molecule has 0 bridgehead atoms. The molecule has 3 nitrogen and oxygen atoms in total. The highest BCUT2D eigenvalue weighted by atomic mass is 16.5. The molecular formula is C7H9NO2. The van der Waals surface area contributed by atoms with E-state index in [-0.39, 0.29) is 6.61 Å². The van der Waals surface area contributed by atoms with Gasteiger partial charge < -0.3 is 4.74 Å². The highest BCUT2D eigenvalue weighted by Gasteiger charge is 1.93. The molecule has 0 radical (unpaired) electrons. The summed E-state index contributed by atoms with van der Waals surface area (Å²) in [6.45, 7) is 1.78. The maximum absolute atomic E-state index is 10.5. The van der Waals surface area contributed by atoms with Crippen molar-refractivity contribution in [2.24, 2.45) is 0 Å². The maximum atomic E-state index is 10.5. The van der Waals surface area contributed by atoms with Crippen molar-refractivity contribution >= 4 is 6.09 Å². The lowest BCUT2D eigenvalue weighted by atomic mass is 10.7. The number of allylic oxidation sites excluding steroid dienone is 1. The van der Waals surface area contributed by atoms with E-state index in [0.717, 1.165) is 0 Å². The molecule has 1 N–H and O–H groups in total. The molecule has 10 heavy (non-hydrogen) atoms. The Hall–Kier alpha value is -1.43. The summed E-state index contributed by atoms with van der Waals surface area (Å²) in [4.78, 5) is 10.5. The fraction of sp³-hybridized carbons (Fsp3) is 0.286. The van der Waals surface area contributed by atoms with E-state index in [1.54, 1.807) is 13.0 Å². The molecule has 1 amide bonds. The van der Waals surface area contributed by atoms with Crippen LogP contribution in [0.1, 0.15) is 6.92 Å². The van der Waals surface area contributed by atoms with Gasteiger partial charge in [-0.15, -0.1) is 6.42 Å². The summed E-state index contributed by atoms with van der Waals surface area (Å²) in [7, 11) is 0. The summed E-state index contributed by atoms with van der Waals surface area (Å²) in [5.41, 5.74) is 0. The van der Waals surface area contributed by atoms with Gasteiger partial charge in [0.05, 0.1) is 0 Å². The van der Waals surface area contributed by atoms with Crippen LogP contribution in [0.3, 0.4) is 0 Å². The van der Waals surface area contributed by atoms with E-state index in [2.05, 4.69) is 16.0 Å². The molecule has 0 aromatic heterocycles. The van der Waals surface area contributed by atoms with Crippen LogP contribution in [-0.2, 0) is 4.74 Å². The summed E-state index contributed by atoms with van der Waals surface area (Å²) in [6.07, 6.45) is 7.45. The molecule has 0 aliphatic carbocycles. The number of amides is 1. The minimum absolute atomic E-state index is 0.00336. The number of carbonyl (C=O) groups excluding carboxylic acids is 1. The molecule has 0 aliphatic heterocycles. The zero-order chi connectivity index (χ0) is 7.82. The lowest BCUT2D eigenvalue weighted by molar-refractivity contribution is 0.164. The summed E-state index contributed by atoms with van der Waals surface area (Å²) in [6, 6.07) is 0. The van der Waals surface area contributed by atoms with E-state index in [1.165, 1.54) is 6.20 Å². The summed E-state index contributed by atoms with van der Waals surface area (Å²) in [5.74, 6) is 2.17. The molecule has 0 heterocycles. The zero-order valence-electron chi connectivity index (χ0n) is 5.76. The Bertz CT molecular complexity index is 167. The highest BCUT2D eigenvalue weighted by molar-refractivity contribution is 5.68. The minimum Gasteiger partial charge on any atom is -0.436 e. The molecule has 54 valence electrons. The van der Waals surface area contributed by atoms with Crippen molar-refractivity contribution in [1.29, 1.82) is 0 Å². The van der Waals surface area contributed by atoms with Gasteiger partial charge in [-0.25, -0.2) is 4.79 Å². The summed E-state index contributed by atoms with van der Waals surface area (Å²) in [5, 5.41) is 2.33. The Labute approximate surface area is 60.1 Å². The van der Waals surface area contributed by atoms with Crippen LogP contribution in [0.5, 0.6) is 0 Å². The number of carbonyl (C=O) groups is 1. The first-order valence-electron chi connectivity index (χ1n) is 2.79. The van der Waals surface area contributed by atoms with E-state index >= 15 is 0 Å². The van der Waals surface area contributed by atoms with Crippen LogP contribution in [0.15, 0.2) is 12.3 Å². The van der Waals surface area contributed by atoms with Gasteiger partial charge in [0.2, 0.25) is 0 Å². The van der Waals surface area contributed by atoms with Crippen molar-refractivity contribution in [1.82, 2.24) is 5.32 Å². The van der Waals surface area contributed by atoms with Crippen LogP contribution in [0.2, 0.25) is 0 Å². The standard InChI is InChI=1S/C7H9NO2/c1-3-5-8-7(9)10-6-4-2/h2-3,5H,6H2,1H3,(H,8,9)/b5-3+. The molecule has 0 aromatic rings. The Kier molecular flexibility index (Phi) is 4.89. The Morgan fingerprint density at radius 1 is 1.90 bits per heavy atom. The first-order valence-corrected chi connectivity index (χ1v) is 2.79. The highest BCUT2D eigenvalue weighted by Crippen LogP contribution is 1.75. The normalized spacial score (nSPS) is 8.80. The Morgan fingerprint density at radius 2 is 2.60 bits per heavy atom. The van der Waals surface area contributed by atoms with Crippen LogP contribution >= 0.6 is 0 Å². The molecule has 0 unspecified atom stereocenters. The molecule has 0 aliphatic rings. The largest absolute Gasteiger partial charge is 0.436 e. The molecule has 0 saturated heterocycles. The number of ether oxygens (including phenoxy) is 1. The molecule has 0 aromatic carbocycles. The number of alkyl carbamates (subject to hydrolysis) is 1. The van der Waals surface area contributed by atoms with Crippen LogP contribution in [-0.4, -0.2) is 12.7 Å². The molecule has 0 fully saturated rings. The number of rotatable bonds is 2. The Balaban J connectivity index is 3.37. The fourth-order valence-electron chi connectivity index (χ4n) is 0.300. The monoisotopic (exact) mass is 139 g/mol. The van der Waals surface area contributed by atoms with Gasteiger partial charge >= 0.3 is 6.09 Å². The summed E-state index contributed by atoms with van der Waals surface area (Å²) < 4.78 is 4.46. The van der Waals surface area contributed by atoms with E-state index < -0.39 is 6.09 Å². The molecule has 0 spiro atoms. The first kappa shape index (κ1) is 8.57. The third-order valence-corrected chi connectivity index (χ3v) is 0.654. The number of terminal acetylenes is 1. The molecule has 0 rings (SSSR count). The smallest absolute Gasteiger partial charge is 0.412 e. The van der Waals surface area contributed by atoms with Gasteiger partial charge in [-0.05, 0) is 6.92 Å². The second-order valence-electron chi connectivity index (χ2n) is 1.42. The van der Waals surface area contributed by atoms with Crippen molar-refractivity contribution in [2.75, 3.05) is 6.61 Å². The minimum atomic E-state index is -0.531. The third kappa shape index (κ3) is 4.72. The van der Waals surface area contributed by atoms with E-state index in [1.807, 2.05) is 0 Å². The van der Waals surface area contributed by atoms with Crippen LogP contribution in [0.25, 0.3) is 0 Å². The second kappa shape index (κ2) is 5.70. The molecule has 3 heteroatoms. The fourth-order valence-corrected chi connectivity index (χ4v) is 0.300. The van der Waals surface area contributed by atoms with Crippen LogP contribution < -0.4 is 5.32 Å². The lowest BCUT2D eigenvalue weighted by Crippen LogP contribution is -2.18. The van der Waals surface area contributed by atoms with E-state index in [4.69, 9.17) is 6.42 Å². The Morgan fingerprint density at radius 3 is 3.10 bits per heavy atom. The van der Waals surface area contributed by atoms with Gasteiger partial charge in [-0.1, -0.05) is 12.0 Å². The van der Waals surface area contributed by atoms with Gasteiger partial charge in [0.15, 0.2) is 6.61 Å². The maximum Gasteiger partial charge on any atom is 0.412 e. The average Bonchev–Trinajstić information content (AvgIpc) is 1.97. The molecule has 0 saturated carbocycles. The van der Waals surface area contributed by atoms with E-state index in [9.17, 15) is 4.79 Å². The number of hydrogen-bond donors (Lipinski definition) is 1. The van der Waals surface area contributed by atoms with Crippen molar-refractivity contribution in [2.45, 2.75) is 6.92 Å². The van der Waals surface area contributed by atoms with Gasteiger partial charge in [-0.3, -0.25) is 5.32 Å². The van der Waals surface area contributed by atoms with Gasteiger partial charge in [0, 0.05) is 6.20 Å². The second-order valence-corrected chi connectivity index (χ2v) is 1.42. The van der Waals surface area contributed by atoms with Crippen LogP contribution in [0.4, 0.5) is 4.79 Å². The van der Waals surface area contributed by atoms with Gasteiger partial charge in [0.1, 0.15) is 0 Å². The SMILES string of the molecule is C#CCOC(=O)N/C=C/C. The van der Waals surface area contributed by atoms with Crippen molar-refractivity contribution in [3.05, 3.63) is 12.3 Å². The predicted molar refractivity (Wildman–Crippen MR) is 38.1 cm³/mol. The number of hydrogen-bond acceptors (Lipinski definition) is 2. The van der Waals surface area contributed by atoms with Gasteiger partial charge in [0.25, 0.3) is 0 Å². The topological polar surface area (TPSA) is 38.3 Å². The zero-order valence-corrected chi connectivity index (χ0v) is 5.76. The van der Waals surface area contributed by atoms with Gasteiger partial charge in [-0.2, -0.15) is 0 Å². The molecule has 0 atom stereocenters. The average molecular weight is 139 g/mol. The quantitative estimate of drug-likeness (QED) is 0.577. The van der Waals surface area contributed by atoms with Crippen LogP contribution in [0, 0.1) is 12.3 Å². The van der Waals surface area contributed by atoms with E-state index in [0.29, 0.717) is 0 Å². The third-order valence-electron chi connectivity index (χ3n) is 0.654. The summed E-state index contributed by atoms with van der Waals surface area (Å²) >= 11 is 0. The van der Waals surface area contributed by atoms with Crippen molar-refractivity contribution < 1.29 is 9.53 Å². The van der Waals surface area contributed by atoms with Crippen molar-refractivity contribution in [3.8, 4) is 12.3 Å². The lowest BCUT2D eigenvalue weighted by Gasteiger charge is -1.97. The molecular weight excluding hydrogens is 130 g/mol.